The van der Waals surface area contributed by atoms with Crippen LogP contribution in [0, 0.1) is 5.92 Å². The molecule has 0 aliphatic carbocycles. The molecule has 0 spiro atoms. The molecule has 0 fully saturated rings. The Morgan fingerprint density at radius 1 is 0.870 bits per heavy atom. The smallest absolute Gasteiger partial charge is 0.118 e. The van der Waals surface area contributed by atoms with Crippen LogP contribution in [0.25, 0.3) is 0 Å². The van der Waals surface area contributed by atoms with Crippen molar-refractivity contribution >= 4 is 17.0 Å². The van der Waals surface area contributed by atoms with E-state index >= 15 is 0 Å². The van der Waals surface area contributed by atoms with Crippen molar-refractivity contribution in [3.63, 3.8) is 0 Å². The molecule has 0 saturated heterocycles. The number of hydrogen-bond donors (Lipinski definition) is 1. The van der Waals surface area contributed by atoms with Gasteiger partial charge in [-0.15, -0.1) is 17.0 Å². The van der Waals surface area contributed by atoms with Crippen molar-refractivity contribution < 1.29 is 5.11 Å². The molecule has 2 nitrogen and oxygen atoms in total. The van der Waals surface area contributed by atoms with E-state index in [4.69, 9.17) is 0 Å². The van der Waals surface area contributed by atoms with Gasteiger partial charge < -0.3 is 10.0 Å². The van der Waals surface area contributed by atoms with Gasteiger partial charge in [-0.25, -0.2) is 0 Å². The summed E-state index contributed by atoms with van der Waals surface area (Å²) in [5, 5.41) is 11.6. The zero-order valence-corrected chi connectivity index (χ0v) is 16.0. The standard InChI is InChI=1S/C20H27NO.BrH/c1-4-21(5-2)16-17(3)20(22,18-12-8-6-9-13-18)19-14-10-7-11-15-19;/h6-15,17,22H,4-5,16H2,1-3H3;1H. The quantitative estimate of drug-likeness (QED) is 0.768. The minimum absolute atomic E-state index is 0. The van der Waals surface area contributed by atoms with E-state index in [0.29, 0.717) is 0 Å². The molecule has 2 aromatic carbocycles. The van der Waals surface area contributed by atoms with E-state index in [1.165, 1.54) is 0 Å². The molecule has 0 aliphatic heterocycles. The molecule has 1 atom stereocenters. The van der Waals surface area contributed by atoms with Gasteiger partial charge in [0.05, 0.1) is 0 Å². The third-order valence-corrected chi connectivity index (χ3v) is 4.57. The van der Waals surface area contributed by atoms with Crippen LogP contribution in [-0.4, -0.2) is 29.6 Å². The SMILES string of the molecule is Br.CCN(CC)CC(C)C(O)(c1ccccc1)c1ccccc1. The molecule has 3 heteroatoms. The Morgan fingerprint density at radius 2 is 1.26 bits per heavy atom. The second-order valence-corrected chi connectivity index (χ2v) is 5.89. The fourth-order valence-electron chi connectivity index (χ4n) is 3.12. The van der Waals surface area contributed by atoms with Crippen LogP contribution in [0.3, 0.4) is 0 Å². The highest BCUT2D eigenvalue weighted by Crippen LogP contribution is 2.37. The van der Waals surface area contributed by atoms with Crippen LogP contribution in [0.1, 0.15) is 31.9 Å². The number of hydrogen-bond acceptors (Lipinski definition) is 2. The summed E-state index contributed by atoms with van der Waals surface area (Å²) < 4.78 is 0. The molecule has 126 valence electrons. The van der Waals surface area contributed by atoms with E-state index in [1.54, 1.807) is 0 Å². The summed E-state index contributed by atoms with van der Waals surface area (Å²) in [6, 6.07) is 20.0. The van der Waals surface area contributed by atoms with Crippen LogP contribution in [0.2, 0.25) is 0 Å². The first-order valence-electron chi connectivity index (χ1n) is 8.18. The molecular weight excluding hydrogens is 350 g/mol. The third kappa shape index (κ3) is 4.43. The molecule has 2 aromatic rings. The molecule has 1 N–H and O–H groups in total. The lowest BCUT2D eigenvalue weighted by molar-refractivity contribution is 0.00871. The van der Waals surface area contributed by atoms with Gasteiger partial charge in [-0.1, -0.05) is 81.4 Å². The predicted molar refractivity (Wildman–Crippen MR) is 103 cm³/mol. The molecule has 1 unspecified atom stereocenters. The molecule has 0 aliphatic rings. The lowest BCUT2D eigenvalue weighted by atomic mass is 9.76. The maximum absolute atomic E-state index is 11.6. The minimum atomic E-state index is -0.967. The Hall–Kier alpha value is -1.16. The monoisotopic (exact) mass is 377 g/mol. The van der Waals surface area contributed by atoms with Crippen molar-refractivity contribution in [3.05, 3.63) is 71.8 Å². The van der Waals surface area contributed by atoms with Crippen molar-refractivity contribution in [1.29, 1.82) is 0 Å². The second-order valence-electron chi connectivity index (χ2n) is 5.89. The second kappa shape index (κ2) is 9.21. The average Bonchev–Trinajstić information content (AvgIpc) is 2.60. The van der Waals surface area contributed by atoms with Gasteiger partial charge in [0.25, 0.3) is 0 Å². The lowest BCUT2D eigenvalue weighted by Gasteiger charge is -2.38. The van der Waals surface area contributed by atoms with E-state index in [1.807, 2.05) is 60.7 Å². The molecule has 2 rings (SSSR count). The van der Waals surface area contributed by atoms with Gasteiger partial charge in [0.1, 0.15) is 5.60 Å². The highest BCUT2D eigenvalue weighted by Gasteiger charge is 2.37. The summed E-state index contributed by atoms with van der Waals surface area (Å²) in [4.78, 5) is 2.36. The first kappa shape index (κ1) is 19.9. The molecule has 0 amide bonds. The number of halogens is 1. The van der Waals surface area contributed by atoms with E-state index in [-0.39, 0.29) is 22.9 Å². The van der Waals surface area contributed by atoms with Crippen molar-refractivity contribution in [2.24, 2.45) is 5.92 Å². The van der Waals surface area contributed by atoms with Crippen LogP contribution < -0.4 is 0 Å². The highest BCUT2D eigenvalue weighted by atomic mass is 79.9. The predicted octanol–water partition coefficient (Wildman–Crippen LogP) is 4.48. The highest BCUT2D eigenvalue weighted by molar-refractivity contribution is 8.93. The lowest BCUT2D eigenvalue weighted by Crippen LogP contribution is -2.42. The molecule has 0 saturated carbocycles. The maximum Gasteiger partial charge on any atom is 0.118 e. The summed E-state index contributed by atoms with van der Waals surface area (Å²) in [5.41, 5.74) is 0.951. The topological polar surface area (TPSA) is 23.5 Å². The summed E-state index contributed by atoms with van der Waals surface area (Å²) in [5.74, 6) is 0.0946. The van der Waals surface area contributed by atoms with Crippen molar-refractivity contribution in [2.75, 3.05) is 19.6 Å². The van der Waals surface area contributed by atoms with Crippen LogP contribution >= 0.6 is 17.0 Å². The van der Waals surface area contributed by atoms with Crippen molar-refractivity contribution in [2.45, 2.75) is 26.4 Å². The zero-order chi connectivity index (χ0) is 16.0. The van der Waals surface area contributed by atoms with Crippen LogP contribution in [0.15, 0.2) is 60.7 Å². The fraction of sp³-hybridized carbons (Fsp3) is 0.400. The first-order valence-corrected chi connectivity index (χ1v) is 8.18. The summed E-state index contributed by atoms with van der Waals surface area (Å²) in [6.45, 7) is 9.34. The molecule has 0 aromatic heterocycles. The Morgan fingerprint density at radius 3 is 1.61 bits per heavy atom. The molecular formula is C20H28BrNO. The number of benzene rings is 2. The zero-order valence-electron chi connectivity index (χ0n) is 14.3. The Bertz CT molecular complexity index is 515. The largest absolute Gasteiger partial charge is 0.380 e. The van der Waals surface area contributed by atoms with Gasteiger partial charge in [-0.3, -0.25) is 0 Å². The Labute approximate surface area is 150 Å². The Kier molecular flexibility index (Phi) is 7.97. The number of rotatable bonds is 7. The molecule has 0 bridgehead atoms. The minimum Gasteiger partial charge on any atom is -0.380 e. The van der Waals surface area contributed by atoms with Gasteiger partial charge in [0.2, 0.25) is 0 Å². The first-order chi connectivity index (χ1) is 10.6. The van der Waals surface area contributed by atoms with Gasteiger partial charge in [0, 0.05) is 12.5 Å². The normalized spacial score (nSPS) is 12.7. The Balaban J connectivity index is 0.00000264. The van der Waals surface area contributed by atoms with Gasteiger partial charge in [-0.2, -0.15) is 0 Å². The number of aliphatic hydroxyl groups is 1. The van der Waals surface area contributed by atoms with E-state index in [9.17, 15) is 5.11 Å². The third-order valence-electron chi connectivity index (χ3n) is 4.57. The van der Waals surface area contributed by atoms with Gasteiger partial charge in [0.15, 0.2) is 0 Å². The summed E-state index contributed by atoms with van der Waals surface area (Å²) in [7, 11) is 0. The fourth-order valence-corrected chi connectivity index (χ4v) is 3.12. The van der Waals surface area contributed by atoms with Crippen LogP contribution in [-0.2, 0) is 5.60 Å². The summed E-state index contributed by atoms with van der Waals surface area (Å²) >= 11 is 0. The number of nitrogens with zero attached hydrogens (tertiary/aromatic N) is 1. The van der Waals surface area contributed by atoms with Gasteiger partial charge >= 0.3 is 0 Å². The van der Waals surface area contributed by atoms with E-state index in [0.717, 1.165) is 30.8 Å². The van der Waals surface area contributed by atoms with E-state index < -0.39 is 5.60 Å². The van der Waals surface area contributed by atoms with Crippen LogP contribution in [0.4, 0.5) is 0 Å². The summed E-state index contributed by atoms with van der Waals surface area (Å²) in [6.07, 6.45) is 0. The van der Waals surface area contributed by atoms with E-state index in [2.05, 4.69) is 25.7 Å². The molecule has 23 heavy (non-hydrogen) atoms. The van der Waals surface area contributed by atoms with Crippen molar-refractivity contribution in [1.82, 2.24) is 4.90 Å². The van der Waals surface area contributed by atoms with Crippen molar-refractivity contribution in [3.8, 4) is 0 Å². The maximum atomic E-state index is 11.6. The average molecular weight is 378 g/mol. The van der Waals surface area contributed by atoms with Crippen LogP contribution in [0.5, 0.6) is 0 Å². The molecule has 0 radical (unpaired) electrons. The molecule has 0 heterocycles. The van der Waals surface area contributed by atoms with Gasteiger partial charge in [-0.05, 0) is 24.2 Å².